The van der Waals surface area contributed by atoms with Crippen LogP contribution in [0.2, 0.25) is 0 Å². The molecule has 4 rings (SSSR count). The van der Waals surface area contributed by atoms with E-state index in [1.165, 1.54) is 37.8 Å². The highest BCUT2D eigenvalue weighted by Crippen LogP contribution is 2.23. The van der Waals surface area contributed by atoms with Gasteiger partial charge in [-0.1, -0.05) is 12.8 Å². The van der Waals surface area contributed by atoms with Crippen LogP contribution in [0.5, 0.6) is 0 Å². The maximum atomic E-state index is 12.2. The first-order valence-electron chi connectivity index (χ1n) is 10.0. The maximum absolute atomic E-state index is 12.2. The number of nitrogens with one attached hydrogen (secondary N) is 2. The molecule has 6 heteroatoms. The van der Waals surface area contributed by atoms with Crippen LogP contribution >= 0.6 is 0 Å². The third kappa shape index (κ3) is 4.56. The summed E-state index contributed by atoms with van der Waals surface area (Å²) < 4.78 is 0. The lowest BCUT2D eigenvalue weighted by molar-refractivity contribution is 0.0937. The SMILES string of the molecule is O=C(NC1CCCC1)c1cnc(Nc2ccc(N3CCCCC3)cc2)nc1. The molecular formula is C21H27N5O. The highest BCUT2D eigenvalue weighted by molar-refractivity contribution is 5.93. The van der Waals surface area contributed by atoms with Gasteiger partial charge in [0.15, 0.2) is 0 Å². The number of hydrogen-bond donors (Lipinski definition) is 2. The molecular weight excluding hydrogens is 338 g/mol. The van der Waals surface area contributed by atoms with Crippen LogP contribution in [0, 0.1) is 0 Å². The average Bonchev–Trinajstić information content (AvgIpc) is 3.23. The molecule has 2 aromatic rings. The zero-order valence-electron chi connectivity index (χ0n) is 15.7. The summed E-state index contributed by atoms with van der Waals surface area (Å²) in [7, 11) is 0. The van der Waals surface area contributed by atoms with E-state index in [1.807, 2.05) is 12.1 Å². The van der Waals surface area contributed by atoms with Crippen molar-refractivity contribution in [3.63, 3.8) is 0 Å². The van der Waals surface area contributed by atoms with E-state index in [4.69, 9.17) is 0 Å². The Balaban J connectivity index is 1.34. The van der Waals surface area contributed by atoms with Crippen LogP contribution < -0.4 is 15.5 Å². The minimum Gasteiger partial charge on any atom is -0.372 e. The molecule has 1 saturated heterocycles. The first-order valence-corrected chi connectivity index (χ1v) is 10.0. The summed E-state index contributed by atoms with van der Waals surface area (Å²) in [5.74, 6) is 0.414. The summed E-state index contributed by atoms with van der Waals surface area (Å²) in [6, 6.07) is 8.67. The molecule has 1 saturated carbocycles. The van der Waals surface area contributed by atoms with Gasteiger partial charge in [0.25, 0.3) is 5.91 Å². The molecule has 2 fully saturated rings. The quantitative estimate of drug-likeness (QED) is 0.841. The molecule has 1 aromatic carbocycles. The van der Waals surface area contributed by atoms with Gasteiger partial charge in [0.05, 0.1) is 5.56 Å². The molecule has 6 nitrogen and oxygen atoms in total. The van der Waals surface area contributed by atoms with Crippen molar-refractivity contribution in [2.45, 2.75) is 51.0 Å². The van der Waals surface area contributed by atoms with E-state index in [0.717, 1.165) is 31.6 Å². The molecule has 1 amide bonds. The highest BCUT2D eigenvalue weighted by Gasteiger charge is 2.18. The molecule has 0 atom stereocenters. The number of carbonyl (C=O) groups is 1. The Kier molecular flexibility index (Phi) is 5.51. The molecule has 0 bridgehead atoms. The summed E-state index contributed by atoms with van der Waals surface area (Å²) in [6.07, 6.45) is 11.6. The van der Waals surface area contributed by atoms with Crippen LogP contribution in [-0.2, 0) is 0 Å². The summed E-state index contributed by atoms with van der Waals surface area (Å²) in [5.41, 5.74) is 2.71. The fraction of sp³-hybridized carbons (Fsp3) is 0.476. The Morgan fingerprint density at radius 1 is 0.926 bits per heavy atom. The van der Waals surface area contributed by atoms with E-state index >= 15 is 0 Å². The number of carbonyl (C=O) groups excluding carboxylic acids is 1. The van der Waals surface area contributed by atoms with Crippen molar-refractivity contribution < 1.29 is 4.79 Å². The number of amides is 1. The molecule has 0 radical (unpaired) electrons. The van der Waals surface area contributed by atoms with Crippen LogP contribution in [0.1, 0.15) is 55.3 Å². The first-order chi connectivity index (χ1) is 13.3. The fourth-order valence-corrected chi connectivity index (χ4v) is 3.89. The van der Waals surface area contributed by atoms with Gasteiger partial charge >= 0.3 is 0 Å². The van der Waals surface area contributed by atoms with Crippen molar-refractivity contribution in [3.05, 3.63) is 42.2 Å². The van der Waals surface area contributed by atoms with Crippen molar-refractivity contribution in [1.82, 2.24) is 15.3 Å². The lowest BCUT2D eigenvalue weighted by atomic mass is 10.1. The second kappa shape index (κ2) is 8.37. The summed E-state index contributed by atoms with van der Waals surface area (Å²) >= 11 is 0. The van der Waals surface area contributed by atoms with Crippen LogP contribution in [-0.4, -0.2) is 35.0 Å². The Morgan fingerprint density at radius 2 is 1.59 bits per heavy atom. The van der Waals surface area contributed by atoms with Crippen LogP contribution in [0.25, 0.3) is 0 Å². The van der Waals surface area contributed by atoms with Gasteiger partial charge < -0.3 is 15.5 Å². The minimum absolute atomic E-state index is 0.0839. The van der Waals surface area contributed by atoms with Gasteiger partial charge in [0.1, 0.15) is 0 Å². The van der Waals surface area contributed by atoms with Gasteiger partial charge in [-0.05, 0) is 56.4 Å². The van der Waals surface area contributed by atoms with E-state index in [0.29, 0.717) is 17.6 Å². The lowest BCUT2D eigenvalue weighted by Gasteiger charge is -2.28. The van der Waals surface area contributed by atoms with Gasteiger partial charge in [-0.3, -0.25) is 4.79 Å². The van der Waals surface area contributed by atoms with E-state index in [-0.39, 0.29) is 5.91 Å². The number of anilines is 3. The van der Waals surface area contributed by atoms with Gasteiger partial charge in [0, 0.05) is 42.9 Å². The van der Waals surface area contributed by atoms with Gasteiger partial charge in [-0.25, -0.2) is 9.97 Å². The Labute approximate surface area is 160 Å². The number of rotatable bonds is 5. The molecule has 142 valence electrons. The molecule has 1 aliphatic carbocycles. The molecule has 0 unspecified atom stereocenters. The van der Waals surface area contributed by atoms with Crippen molar-refractivity contribution >= 4 is 23.2 Å². The number of nitrogens with zero attached hydrogens (tertiary/aromatic N) is 3. The van der Waals surface area contributed by atoms with Gasteiger partial charge in [-0.2, -0.15) is 0 Å². The maximum Gasteiger partial charge on any atom is 0.254 e. The molecule has 2 aliphatic rings. The normalized spacial score (nSPS) is 17.7. The predicted molar refractivity (Wildman–Crippen MR) is 108 cm³/mol. The summed E-state index contributed by atoms with van der Waals surface area (Å²) in [4.78, 5) is 23.3. The largest absolute Gasteiger partial charge is 0.372 e. The zero-order valence-corrected chi connectivity index (χ0v) is 15.7. The Bertz CT molecular complexity index is 747. The number of hydrogen-bond acceptors (Lipinski definition) is 5. The van der Waals surface area contributed by atoms with Crippen molar-refractivity contribution in [3.8, 4) is 0 Å². The fourth-order valence-electron chi connectivity index (χ4n) is 3.89. The smallest absolute Gasteiger partial charge is 0.254 e. The van der Waals surface area contributed by atoms with Crippen molar-refractivity contribution in [2.24, 2.45) is 0 Å². The highest BCUT2D eigenvalue weighted by atomic mass is 16.1. The molecule has 0 spiro atoms. The number of aromatic nitrogens is 2. The van der Waals surface area contributed by atoms with Crippen LogP contribution in [0.4, 0.5) is 17.3 Å². The Hall–Kier alpha value is -2.63. The van der Waals surface area contributed by atoms with Gasteiger partial charge in [0.2, 0.25) is 5.95 Å². The summed E-state index contributed by atoms with van der Waals surface area (Å²) in [6.45, 7) is 2.28. The monoisotopic (exact) mass is 365 g/mol. The van der Waals surface area contributed by atoms with E-state index < -0.39 is 0 Å². The van der Waals surface area contributed by atoms with Crippen molar-refractivity contribution in [2.75, 3.05) is 23.3 Å². The standard InChI is InChI=1S/C21H27N5O/c27-20(24-17-6-2-3-7-17)16-14-22-21(23-15-16)25-18-8-10-19(11-9-18)26-12-4-1-5-13-26/h8-11,14-15,17H,1-7,12-13H2,(H,24,27)(H,22,23,25). The summed E-state index contributed by atoms with van der Waals surface area (Å²) in [5, 5.41) is 6.26. The van der Waals surface area contributed by atoms with Gasteiger partial charge in [-0.15, -0.1) is 0 Å². The Morgan fingerprint density at radius 3 is 2.26 bits per heavy atom. The second-order valence-electron chi connectivity index (χ2n) is 7.47. The first kappa shape index (κ1) is 17.8. The van der Waals surface area contributed by atoms with Crippen LogP contribution in [0.15, 0.2) is 36.7 Å². The van der Waals surface area contributed by atoms with Crippen molar-refractivity contribution in [1.29, 1.82) is 0 Å². The second-order valence-corrected chi connectivity index (χ2v) is 7.47. The molecule has 1 aliphatic heterocycles. The average molecular weight is 365 g/mol. The molecule has 1 aromatic heterocycles. The minimum atomic E-state index is -0.0839. The van der Waals surface area contributed by atoms with E-state index in [9.17, 15) is 4.79 Å². The molecule has 27 heavy (non-hydrogen) atoms. The van der Waals surface area contributed by atoms with E-state index in [2.05, 4.69) is 37.6 Å². The zero-order chi connectivity index (χ0) is 18.5. The third-order valence-electron chi connectivity index (χ3n) is 5.45. The van der Waals surface area contributed by atoms with Crippen LogP contribution in [0.3, 0.4) is 0 Å². The van der Waals surface area contributed by atoms with E-state index in [1.54, 1.807) is 12.4 Å². The lowest BCUT2D eigenvalue weighted by Crippen LogP contribution is -2.32. The number of piperidine rings is 1. The predicted octanol–water partition coefficient (Wildman–Crippen LogP) is 3.88. The molecule has 2 N–H and O–H groups in total. The topological polar surface area (TPSA) is 70.2 Å². The molecule has 2 heterocycles. The number of benzene rings is 1. The third-order valence-corrected chi connectivity index (χ3v) is 5.45.